The highest BCUT2D eigenvalue weighted by atomic mass is 16.7. The zero-order valence-electron chi connectivity index (χ0n) is 12.4. The molecule has 2 rings (SSSR count). The lowest BCUT2D eigenvalue weighted by molar-refractivity contribution is -0.183. The van der Waals surface area contributed by atoms with Crippen molar-refractivity contribution < 1.29 is 9.47 Å². The van der Waals surface area contributed by atoms with Crippen molar-refractivity contribution in [3.8, 4) is 0 Å². The number of ether oxygens (including phenoxy) is 2. The van der Waals surface area contributed by atoms with Crippen LogP contribution >= 0.6 is 0 Å². The van der Waals surface area contributed by atoms with Crippen LogP contribution in [0.2, 0.25) is 0 Å². The molecule has 2 fully saturated rings. The molecule has 106 valence electrons. The van der Waals surface area contributed by atoms with E-state index < -0.39 is 0 Å². The van der Waals surface area contributed by atoms with Gasteiger partial charge in [-0.1, -0.05) is 27.2 Å². The largest absolute Gasteiger partial charge is 0.353 e. The molecule has 0 spiro atoms. The Hall–Kier alpha value is -0.0800. The average molecular weight is 254 g/mol. The Morgan fingerprint density at radius 3 is 2.44 bits per heavy atom. The summed E-state index contributed by atoms with van der Waals surface area (Å²) in [5.74, 6) is 1.81. The molecule has 0 bridgehead atoms. The highest BCUT2D eigenvalue weighted by Crippen LogP contribution is 2.44. The van der Waals surface area contributed by atoms with Gasteiger partial charge in [-0.25, -0.2) is 0 Å². The minimum Gasteiger partial charge on any atom is -0.353 e. The van der Waals surface area contributed by atoms with E-state index in [9.17, 15) is 0 Å². The minimum atomic E-state index is 0.0891. The molecule has 2 aliphatic rings. The molecule has 0 amide bonds. The van der Waals surface area contributed by atoms with Crippen LogP contribution in [0.4, 0.5) is 0 Å². The average Bonchev–Trinajstić information content (AvgIpc) is 2.37. The van der Waals surface area contributed by atoms with Crippen molar-refractivity contribution in [2.24, 2.45) is 17.3 Å². The standard InChI is InChI=1S/C16H30O2/c1-4-13-12-16(2,3)9-8-14(13)6-7-15-17-10-5-11-18-15/h13-15H,4-12H2,1-3H3. The van der Waals surface area contributed by atoms with Gasteiger partial charge in [0.1, 0.15) is 0 Å². The molecule has 0 radical (unpaired) electrons. The third-order valence-electron chi connectivity index (χ3n) is 4.87. The molecule has 2 heteroatoms. The van der Waals surface area contributed by atoms with E-state index in [0.717, 1.165) is 37.9 Å². The summed E-state index contributed by atoms with van der Waals surface area (Å²) < 4.78 is 11.3. The zero-order chi connectivity index (χ0) is 13.0. The fourth-order valence-corrected chi connectivity index (χ4v) is 3.70. The quantitative estimate of drug-likeness (QED) is 0.741. The van der Waals surface area contributed by atoms with E-state index in [4.69, 9.17) is 9.47 Å². The molecule has 0 N–H and O–H groups in total. The summed E-state index contributed by atoms with van der Waals surface area (Å²) in [6, 6.07) is 0. The SMILES string of the molecule is CCC1CC(C)(C)CCC1CCC1OCCCO1. The molecule has 1 heterocycles. The molecule has 2 nitrogen and oxygen atoms in total. The summed E-state index contributed by atoms with van der Waals surface area (Å²) in [4.78, 5) is 0. The van der Waals surface area contributed by atoms with Gasteiger partial charge in [-0.2, -0.15) is 0 Å². The van der Waals surface area contributed by atoms with E-state index in [2.05, 4.69) is 20.8 Å². The summed E-state index contributed by atoms with van der Waals surface area (Å²) in [6.07, 6.45) is 9.07. The molecule has 2 unspecified atom stereocenters. The third-order valence-corrected chi connectivity index (χ3v) is 4.87. The van der Waals surface area contributed by atoms with Gasteiger partial charge in [-0.3, -0.25) is 0 Å². The first-order valence-electron chi connectivity index (χ1n) is 7.84. The molecule has 2 atom stereocenters. The van der Waals surface area contributed by atoms with Crippen molar-refractivity contribution in [3.05, 3.63) is 0 Å². The van der Waals surface area contributed by atoms with Gasteiger partial charge < -0.3 is 9.47 Å². The highest BCUT2D eigenvalue weighted by molar-refractivity contribution is 4.84. The second kappa shape index (κ2) is 6.38. The van der Waals surface area contributed by atoms with Crippen molar-refractivity contribution >= 4 is 0 Å². The topological polar surface area (TPSA) is 18.5 Å². The summed E-state index contributed by atoms with van der Waals surface area (Å²) in [5, 5.41) is 0. The van der Waals surface area contributed by atoms with E-state index >= 15 is 0 Å². The Bertz CT molecular complexity index is 243. The van der Waals surface area contributed by atoms with Gasteiger partial charge in [0.05, 0.1) is 13.2 Å². The van der Waals surface area contributed by atoms with E-state index in [1.807, 2.05) is 0 Å². The molecule has 0 aromatic carbocycles. The van der Waals surface area contributed by atoms with Crippen LogP contribution in [-0.2, 0) is 9.47 Å². The predicted octanol–water partition coefficient (Wildman–Crippen LogP) is 4.38. The van der Waals surface area contributed by atoms with Gasteiger partial charge in [0.2, 0.25) is 0 Å². The van der Waals surface area contributed by atoms with E-state index in [0.29, 0.717) is 5.41 Å². The first-order chi connectivity index (χ1) is 8.61. The highest BCUT2D eigenvalue weighted by Gasteiger charge is 2.34. The minimum absolute atomic E-state index is 0.0891. The lowest BCUT2D eigenvalue weighted by Crippen LogP contribution is -2.31. The van der Waals surface area contributed by atoms with Gasteiger partial charge >= 0.3 is 0 Å². The van der Waals surface area contributed by atoms with Crippen molar-refractivity contribution in [2.75, 3.05) is 13.2 Å². The first-order valence-corrected chi connectivity index (χ1v) is 7.84. The maximum absolute atomic E-state index is 5.66. The van der Waals surface area contributed by atoms with Gasteiger partial charge in [0, 0.05) is 0 Å². The molecule has 1 saturated heterocycles. The maximum Gasteiger partial charge on any atom is 0.157 e. The fraction of sp³-hybridized carbons (Fsp3) is 1.00. The Morgan fingerprint density at radius 1 is 1.06 bits per heavy atom. The Balaban J connectivity index is 1.77. The molecule has 1 aliphatic carbocycles. The van der Waals surface area contributed by atoms with Gasteiger partial charge in [0.25, 0.3) is 0 Å². The fourth-order valence-electron chi connectivity index (χ4n) is 3.70. The van der Waals surface area contributed by atoms with E-state index in [1.165, 1.54) is 32.1 Å². The summed E-state index contributed by atoms with van der Waals surface area (Å²) >= 11 is 0. The maximum atomic E-state index is 5.66. The van der Waals surface area contributed by atoms with Gasteiger partial charge in [-0.15, -0.1) is 0 Å². The summed E-state index contributed by atoms with van der Waals surface area (Å²) in [6.45, 7) is 8.99. The van der Waals surface area contributed by atoms with Crippen LogP contribution in [0.1, 0.15) is 65.7 Å². The Morgan fingerprint density at radius 2 is 1.78 bits per heavy atom. The van der Waals surface area contributed by atoms with Crippen molar-refractivity contribution in [3.63, 3.8) is 0 Å². The Labute approximate surface area is 112 Å². The second-order valence-corrected chi connectivity index (χ2v) is 6.94. The lowest BCUT2D eigenvalue weighted by Gasteiger charge is -2.41. The van der Waals surface area contributed by atoms with Gasteiger partial charge in [0.15, 0.2) is 6.29 Å². The molecule has 0 aromatic rings. The normalized spacial score (nSPS) is 33.5. The van der Waals surface area contributed by atoms with Crippen LogP contribution in [0.25, 0.3) is 0 Å². The van der Waals surface area contributed by atoms with Crippen LogP contribution in [0.3, 0.4) is 0 Å². The molecule has 0 aromatic heterocycles. The summed E-state index contributed by atoms with van der Waals surface area (Å²) in [7, 11) is 0. The lowest BCUT2D eigenvalue weighted by atomic mass is 9.65. The smallest absolute Gasteiger partial charge is 0.157 e. The van der Waals surface area contributed by atoms with Crippen LogP contribution < -0.4 is 0 Å². The van der Waals surface area contributed by atoms with Crippen LogP contribution in [0, 0.1) is 17.3 Å². The zero-order valence-corrected chi connectivity index (χ0v) is 12.4. The summed E-state index contributed by atoms with van der Waals surface area (Å²) in [5.41, 5.74) is 0.564. The predicted molar refractivity (Wildman–Crippen MR) is 74.4 cm³/mol. The van der Waals surface area contributed by atoms with Gasteiger partial charge in [-0.05, 0) is 55.8 Å². The van der Waals surface area contributed by atoms with E-state index in [1.54, 1.807) is 0 Å². The Kier molecular flexibility index (Phi) is 5.08. The van der Waals surface area contributed by atoms with E-state index in [-0.39, 0.29) is 6.29 Å². The number of hydrogen-bond acceptors (Lipinski definition) is 2. The third kappa shape index (κ3) is 3.96. The van der Waals surface area contributed by atoms with Crippen LogP contribution in [0.5, 0.6) is 0 Å². The molecule has 18 heavy (non-hydrogen) atoms. The first kappa shape index (κ1) is 14.3. The monoisotopic (exact) mass is 254 g/mol. The number of rotatable bonds is 4. The van der Waals surface area contributed by atoms with Crippen molar-refractivity contribution in [1.82, 2.24) is 0 Å². The van der Waals surface area contributed by atoms with Crippen LogP contribution in [-0.4, -0.2) is 19.5 Å². The molecular weight excluding hydrogens is 224 g/mol. The second-order valence-electron chi connectivity index (χ2n) is 6.94. The number of hydrogen-bond donors (Lipinski definition) is 0. The van der Waals surface area contributed by atoms with Crippen LogP contribution in [0.15, 0.2) is 0 Å². The molecule has 1 aliphatic heterocycles. The molecular formula is C16H30O2. The van der Waals surface area contributed by atoms with Crippen molar-refractivity contribution in [1.29, 1.82) is 0 Å². The molecule has 1 saturated carbocycles. The van der Waals surface area contributed by atoms with Crippen molar-refractivity contribution in [2.45, 2.75) is 72.0 Å².